The molecule has 0 amide bonds. The van der Waals surface area contributed by atoms with Gasteiger partial charge in [0.2, 0.25) is 0 Å². The first kappa shape index (κ1) is 9.06. The van der Waals surface area contributed by atoms with Crippen molar-refractivity contribution in [2.45, 2.75) is 31.1 Å². The van der Waals surface area contributed by atoms with E-state index < -0.39 is 0 Å². The molecule has 2 aliphatic carbocycles. The fraction of sp³-hybridized carbons (Fsp3) is 0.500. The Morgan fingerprint density at radius 3 is 2.64 bits per heavy atom. The van der Waals surface area contributed by atoms with Crippen LogP contribution in [0.2, 0.25) is 10.0 Å². The molecule has 0 bridgehead atoms. The van der Waals surface area contributed by atoms with Crippen LogP contribution in [-0.4, -0.2) is 0 Å². The normalized spacial score (nSPS) is 34.3. The van der Waals surface area contributed by atoms with Gasteiger partial charge in [-0.05, 0) is 48.3 Å². The average Bonchev–Trinajstić information content (AvgIpc) is 2.75. The molecule has 0 unspecified atom stereocenters. The lowest BCUT2D eigenvalue weighted by Crippen LogP contribution is -2.04. The zero-order chi connectivity index (χ0) is 9.76. The first-order valence-corrected chi connectivity index (χ1v) is 5.93. The summed E-state index contributed by atoms with van der Waals surface area (Å²) in [6, 6.07) is 6.15. The molecule has 2 aliphatic rings. The van der Waals surface area contributed by atoms with Crippen molar-refractivity contribution in [2.24, 2.45) is 5.92 Å². The van der Waals surface area contributed by atoms with Crippen LogP contribution in [-0.2, 0) is 5.41 Å². The zero-order valence-corrected chi connectivity index (χ0v) is 9.41. The minimum atomic E-state index is 0.494. The summed E-state index contributed by atoms with van der Waals surface area (Å²) in [5.41, 5.74) is 1.91. The molecule has 14 heavy (non-hydrogen) atoms. The molecule has 0 aromatic heterocycles. The summed E-state index contributed by atoms with van der Waals surface area (Å²) in [5.74, 6) is 0.930. The van der Waals surface area contributed by atoms with Gasteiger partial charge in [0.1, 0.15) is 0 Å². The highest BCUT2D eigenvalue weighted by atomic mass is 35.5. The van der Waals surface area contributed by atoms with Crippen LogP contribution in [0.15, 0.2) is 18.2 Å². The molecule has 0 N–H and O–H groups in total. The van der Waals surface area contributed by atoms with Crippen LogP contribution >= 0.6 is 23.2 Å². The van der Waals surface area contributed by atoms with Gasteiger partial charge in [0.05, 0.1) is 10.0 Å². The van der Waals surface area contributed by atoms with Gasteiger partial charge in [-0.2, -0.15) is 0 Å². The molecule has 74 valence electrons. The standard InChI is InChI=1S/C12H12Cl2/c13-10-4-3-8(6-11(10)14)12-5-1-2-9(12)7-12/h3-4,6,9H,1-2,5,7H2/t9-,12+/m1/s1. The van der Waals surface area contributed by atoms with Crippen molar-refractivity contribution in [1.82, 2.24) is 0 Å². The first-order chi connectivity index (χ1) is 6.72. The van der Waals surface area contributed by atoms with Crippen molar-refractivity contribution in [3.05, 3.63) is 33.8 Å². The van der Waals surface area contributed by atoms with Crippen LogP contribution in [0.4, 0.5) is 0 Å². The Morgan fingerprint density at radius 1 is 1.21 bits per heavy atom. The molecule has 0 nitrogen and oxygen atoms in total. The van der Waals surface area contributed by atoms with Crippen molar-refractivity contribution < 1.29 is 0 Å². The summed E-state index contributed by atoms with van der Waals surface area (Å²) in [6.45, 7) is 0. The molecule has 0 radical (unpaired) electrons. The van der Waals surface area contributed by atoms with E-state index in [0.29, 0.717) is 15.5 Å². The van der Waals surface area contributed by atoms with Crippen molar-refractivity contribution in [2.75, 3.05) is 0 Å². The Hall–Kier alpha value is -0.200. The van der Waals surface area contributed by atoms with Gasteiger partial charge in [0.15, 0.2) is 0 Å². The second-order valence-electron chi connectivity index (χ2n) is 4.58. The minimum Gasteiger partial charge on any atom is -0.0827 e. The van der Waals surface area contributed by atoms with Gasteiger partial charge in [-0.15, -0.1) is 0 Å². The molecule has 1 aromatic rings. The van der Waals surface area contributed by atoms with E-state index in [9.17, 15) is 0 Å². The monoisotopic (exact) mass is 226 g/mol. The fourth-order valence-corrected chi connectivity index (χ4v) is 3.33. The summed E-state index contributed by atoms with van der Waals surface area (Å²) in [6.07, 6.45) is 5.49. The summed E-state index contributed by atoms with van der Waals surface area (Å²) >= 11 is 12.0. The van der Waals surface area contributed by atoms with Gasteiger partial charge < -0.3 is 0 Å². The summed E-state index contributed by atoms with van der Waals surface area (Å²) in [4.78, 5) is 0. The van der Waals surface area contributed by atoms with E-state index in [0.717, 1.165) is 5.92 Å². The van der Waals surface area contributed by atoms with E-state index >= 15 is 0 Å². The second kappa shape index (κ2) is 2.90. The summed E-state index contributed by atoms with van der Waals surface area (Å²) < 4.78 is 0. The van der Waals surface area contributed by atoms with Crippen molar-refractivity contribution in [3.63, 3.8) is 0 Å². The molecular formula is C12H12Cl2. The van der Waals surface area contributed by atoms with Gasteiger partial charge in [-0.3, -0.25) is 0 Å². The molecule has 0 saturated heterocycles. The SMILES string of the molecule is Clc1ccc([C@@]23CCC[C@@H]2C3)cc1Cl. The molecule has 2 atom stereocenters. The number of benzene rings is 1. The van der Waals surface area contributed by atoms with Crippen LogP contribution in [0.25, 0.3) is 0 Å². The number of fused-ring (bicyclic) bond motifs is 1. The van der Waals surface area contributed by atoms with Crippen molar-refractivity contribution in [1.29, 1.82) is 0 Å². The lowest BCUT2D eigenvalue weighted by Gasteiger charge is -2.12. The van der Waals surface area contributed by atoms with E-state index in [1.54, 1.807) is 0 Å². The van der Waals surface area contributed by atoms with Gasteiger partial charge in [0.25, 0.3) is 0 Å². The van der Waals surface area contributed by atoms with Crippen molar-refractivity contribution >= 4 is 23.2 Å². The molecule has 0 heterocycles. The third-order valence-corrected chi connectivity index (χ3v) is 4.64. The van der Waals surface area contributed by atoms with Crippen LogP contribution in [0.3, 0.4) is 0 Å². The van der Waals surface area contributed by atoms with E-state index in [4.69, 9.17) is 23.2 Å². The number of rotatable bonds is 1. The molecular weight excluding hydrogens is 215 g/mol. The van der Waals surface area contributed by atoms with Gasteiger partial charge in [-0.25, -0.2) is 0 Å². The molecule has 1 aromatic carbocycles. The van der Waals surface area contributed by atoms with Gasteiger partial charge in [0, 0.05) is 0 Å². The quantitative estimate of drug-likeness (QED) is 0.665. The van der Waals surface area contributed by atoms with Crippen molar-refractivity contribution in [3.8, 4) is 0 Å². The average molecular weight is 227 g/mol. The smallest absolute Gasteiger partial charge is 0.0595 e. The Morgan fingerprint density at radius 2 is 2.07 bits per heavy atom. The fourth-order valence-electron chi connectivity index (χ4n) is 3.03. The van der Waals surface area contributed by atoms with E-state index in [-0.39, 0.29) is 0 Å². The largest absolute Gasteiger partial charge is 0.0827 e. The summed E-state index contributed by atoms with van der Waals surface area (Å²) in [7, 11) is 0. The molecule has 2 saturated carbocycles. The maximum absolute atomic E-state index is 6.04. The van der Waals surface area contributed by atoms with Crippen LogP contribution in [0, 0.1) is 5.92 Å². The predicted molar refractivity (Wildman–Crippen MR) is 60.1 cm³/mol. The van der Waals surface area contributed by atoms with Gasteiger partial charge in [-0.1, -0.05) is 35.7 Å². The van der Waals surface area contributed by atoms with Crippen LogP contribution in [0.1, 0.15) is 31.2 Å². The van der Waals surface area contributed by atoms with Gasteiger partial charge >= 0.3 is 0 Å². The Bertz CT molecular complexity index is 386. The van der Waals surface area contributed by atoms with E-state index in [1.807, 2.05) is 6.07 Å². The van der Waals surface area contributed by atoms with E-state index in [1.165, 1.54) is 31.2 Å². The highest BCUT2D eigenvalue weighted by Crippen LogP contribution is 2.64. The summed E-state index contributed by atoms with van der Waals surface area (Å²) in [5, 5.41) is 1.37. The lowest BCUT2D eigenvalue weighted by atomic mass is 9.93. The van der Waals surface area contributed by atoms with Crippen LogP contribution in [0.5, 0.6) is 0 Å². The Kier molecular flexibility index (Phi) is 1.87. The van der Waals surface area contributed by atoms with Crippen LogP contribution < -0.4 is 0 Å². The maximum atomic E-state index is 6.04. The highest BCUT2D eigenvalue weighted by molar-refractivity contribution is 6.42. The van der Waals surface area contributed by atoms with E-state index in [2.05, 4.69) is 12.1 Å². The zero-order valence-electron chi connectivity index (χ0n) is 7.89. The Balaban J connectivity index is 2.01. The number of hydrogen-bond acceptors (Lipinski definition) is 0. The lowest BCUT2D eigenvalue weighted by molar-refractivity contribution is 0.657. The first-order valence-electron chi connectivity index (χ1n) is 5.18. The molecule has 0 spiro atoms. The highest BCUT2D eigenvalue weighted by Gasteiger charge is 2.57. The predicted octanol–water partition coefficient (Wildman–Crippen LogP) is 4.44. The minimum absolute atomic E-state index is 0.494. The topological polar surface area (TPSA) is 0 Å². The molecule has 2 heteroatoms. The number of hydrogen-bond donors (Lipinski definition) is 0. The molecule has 0 aliphatic heterocycles. The second-order valence-corrected chi connectivity index (χ2v) is 5.39. The third kappa shape index (κ3) is 1.14. The maximum Gasteiger partial charge on any atom is 0.0595 e. The number of halogens is 2. The third-order valence-electron chi connectivity index (χ3n) is 3.90. The molecule has 2 fully saturated rings. The molecule has 3 rings (SSSR count). The Labute approximate surface area is 94.2 Å².